The van der Waals surface area contributed by atoms with Gasteiger partial charge in [0.15, 0.2) is 5.78 Å². The quantitative estimate of drug-likeness (QED) is 0.226. The van der Waals surface area contributed by atoms with Crippen LogP contribution < -0.4 is 0 Å². The van der Waals surface area contributed by atoms with Crippen molar-refractivity contribution < 1.29 is 9.59 Å². The van der Waals surface area contributed by atoms with Crippen LogP contribution in [-0.2, 0) is 0 Å². The monoisotopic (exact) mass is 412 g/mol. The number of hydrogen-bond acceptors (Lipinski definition) is 4. The fourth-order valence-corrected chi connectivity index (χ4v) is 2.13. The lowest BCUT2D eigenvalue weighted by molar-refractivity contribution is 0.102. The van der Waals surface area contributed by atoms with Gasteiger partial charge >= 0.3 is 0 Å². The summed E-state index contributed by atoms with van der Waals surface area (Å²) in [7, 11) is 0. The molecule has 0 fully saturated rings. The largest absolute Gasteiger partial charge is 0.293 e. The lowest BCUT2D eigenvalue weighted by atomic mass is 10.1. The Hall–Kier alpha value is -1.60. The van der Waals surface area contributed by atoms with E-state index in [1.807, 2.05) is 22.6 Å². The second-order valence-corrected chi connectivity index (χ2v) is 5.23. The molecule has 4 nitrogen and oxygen atoms in total. The van der Waals surface area contributed by atoms with Crippen molar-refractivity contribution in [3.63, 3.8) is 0 Å². The van der Waals surface area contributed by atoms with E-state index in [0.717, 1.165) is 0 Å². The number of benzene rings is 2. The molecular formula is C15H10ClIN2O2. The van der Waals surface area contributed by atoms with Crippen LogP contribution in [0.25, 0.3) is 0 Å². The zero-order chi connectivity index (χ0) is 15.2. The van der Waals surface area contributed by atoms with Crippen LogP contribution in [0.15, 0.2) is 58.8 Å². The van der Waals surface area contributed by atoms with Gasteiger partial charge in [-0.3, -0.25) is 9.59 Å². The number of hydrogen-bond donors (Lipinski definition) is 0. The highest BCUT2D eigenvalue weighted by atomic mass is 127. The molecule has 2 aromatic rings. The molecular weight excluding hydrogens is 403 g/mol. The summed E-state index contributed by atoms with van der Waals surface area (Å²) < 4.78 is 0.449. The smallest absolute Gasteiger partial charge is 0.252 e. The van der Waals surface area contributed by atoms with Crippen LogP contribution in [0.2, 0.25) is 0 Å². The molecule has 0 unspecified atom stereocenters. The second kappa shape index (κ2) is 7.42. The number of carbonyl (C=O) groups is 2. The van der Waals surface area contributed by atoms with E-state index >= 15 is 0 Å². The second-order valence-electron chi connectivity index (χ2n) is 4.12. The first-order chi connectivity index (χ1) is 10.1. The van der Waals surface area contributed by atoms with Crippen molar-refractivity contribution in [1.82, 2.24) is 0 Å². The predicted octanol–water partition coefficient (Wildman–Crippen LogP) is 5.10. The summed E-state index contributed by atoms with van der Waals surface area (Å²) in [5.41, 5.74) is 2.34. The highest BCUT2D eigenvalue weighted by Gasteiger charge is 2.03. The molecule has 6 heteroatoms. The Bertz CT molecular complexity index is 682. The van der Waals surface area contributed by atoms with Gasteiger partial charge in [-0.1, -0.05) is 22.6 Å². The third-order valence-corrected chi connectivity index (χ3v) is 3.60. The first-order valence-corrected chi connectivity index (χ1v) is 7.91. The summed E-state index contributed by atoms with van der Waals surface area (Å²) in [6.45, 7) is 0. The van der Waals surface area contributed by atoms with E-state index in [1.165, 1.54) is 0 Å². The number of carbonyl (C=O) groups excluding carboxylic acids is 2. The Kier molecular flexibility index (Phi) is 5.58. The number of Topliss-reactive ketones (excluding diaryl/α,β-unsaturated/α-hetero) is 1. The van der Waals surface area contributed by atoms with Gasteiger partial charge in [0, 0.05) is 11.1 Å². The highest BCUT2D eigenvalue weighted by molar-refractivity contribution is 14.1. The molecule has 0 atom stereocenters. The van der Waals surface area contributed by atoms with Crippen molar-refractivity contribution in [2.75, 3.05) is 4.43 Å². The number of nitrogens with zero attached hydrogens (tertiary/aromatic N) is 2. The molecule has 21 heavy (non-hydrogen) atoms. The van der Waals surface area contributed by atoms with Gasteiger partial charge in [-0.05, 0) is 60.1 Å². The Labute approximate surface area is 140 Å². The molecule has 0 saturated heterocycles. The minimum absolute atomic E-state index is 0.0837. The van der Waals surface area contributed by atoms with E-state index in [9.17, 15) is 9.59 Å². The Morgan fingerprint density at radius 3 is 1.67 bits per heavy atom. The maximum atomic E-state index is 11.5. The topological polar surface area (TPSA) is 58.9 Å². The van der Waals surface area contributed by atoms with Crippen molar-refractivity contribution >= 4 is 56.6 Å². The first kappa shape index (κ1) is 15.8. The summed E-state index contributed by atoms with van der Waals surface area (Å²) in [5, 5.41) is 7.62. The first-order valence-electron chi connectivity index (χ1n) is 6.01. The molecule has 106 valence electrons. The minimum Gasteiger partial charge on any atom is -0.293 e. The maximum Gasteiger partial charge on any atom is 0.252 e. The van der Waals surface area contributed by atoms with E-state index in [-0.39, 0.29) is 5.78 Å². The Balaban J connectivity index is 2.10. The average molecular weight is 413 g/mol. The number of halogens is 2. The van der Waals surface area contributed by atoms with Gasteiger partial charge in [-0.15, -0.1) is 0 Å². The van der Waals surface area contributed by atoms with Crippen LogP contribution in [0, 0.1) is 0 Å². The maximum absolute atomic E-state index is 11.5. The van der Waals surface area contributed by atoms with E-state index < -0.39 is 5.24 Å². The lowest BCUT2D eigenvalue weighted by Crippen LogP contribution is -1.98. The molecule has 2 aromatic carbocycles. The van der Waals surface area contributed by atoms with Gasteiger partial charge in [0.25, 0.3) is 5.24 Å². The van der Waals surface area contributed by atoms with Crippen molar-refractivity contribution in [2.45, 2.75) is 0 Å². The zero-order valence-electron chi connectivity index (χ0n) is 10.8. The average Bonchev–Trinajstić information content (AvgIpc) is 2.53. The predicted molar refractivity (Wildman–Crippen MR) is 90.5 cm³/mol. The molecule has 0 heterocycles. The summed E-state index contributed by atoms with van der Waals surface area (Å²) in [6, 6.07) is 13.4. The van der Waals surface area contributed by atoms with Gasteiger partial charge in [-0.25, -0.2) is 0 Å². The summed E-state index contributed by atoms with van der Waals surface area (Å²) in [6.07, 6.45) is 0. The van der Waals surface area contributed by atoms with Crippen molar-refractivity contribution in [3.05, 3.63) is 59.7 Å². The SMILES string of the molecule is O=C(Cl)c1ccc(N=Nc2ccc(C(=O)CI)cc2)cc1. The van der Waals surface area contributed by atoms with E-state index in [0.29, 0.717) is 26.9 Å². The third kappa shape index (κ3) is 4.44. The normalized spacial score (nSPS) is 10.8. The molecule has 0 bridgehead atoms. The summed E-state index contributed by atoms with van der Waals surface area (Å²) >= 11 is 7.39. The number of alkyl halides is 1. The zero-order valence-corrected chi connectivity index (χ0v) is 13.7. The molecule has 0 aliphatic rings. The molecule has 0 saturated carbocycles. The fourth-order valence-electron chi connectivity index (χ4n) is 1.57. The van der Waals surface area contributed by atoms with Crippen LogP contribution in [0.5, 0.6) is 0 Å². The highest BCUT2D eigenvalue weighted by Crippen LogP contribution is 2.20. The van der Waals surface area contributed by atoms with Crippen LogP contribution in [0.4, 0.5) is 11.4 Å². The third-order valence-electron chi connectivity index (χ3n) is 2.69. The standard InChI is InChI=1S/C15H10ClIN2O2/c16-15(21)11-3-7-13(8-4-11)19-18-12-5-1-10(2-6-12)14(20)9-17/h1-8H,9H2. The van der Waals surface area contributed by atoms with Crippen LogP contribution in [0.1, 0.15) is 20.7 Å². The minimum atomic E-state index is -0.506. The van der Waals surface area contributed by atoms with E-state index in [1.54, 1.807) is 48.5 Å². The molecule has 0 N–H and O–H groups in total. The molecule has 0 aliphatic carbocycles. The summed E-state index contributed by atoms with van der Waals surface area (Å²) in [4.78, 5) is 22.4. The molecule has 0 radical (unpaired) electrons. The number of rotatable bonds is 5. The van der Waals surface area contributed by atoms with Crippen LogP contribution in [0.3, 0.4) is 0 Å². The Morgan fingerprint density at radius 1 is 0.857 bits per heavy atom. The van der Waals surface area contributed by atoms with Crippen molar-refractivity contribution in [2.24, 2.45) is 10.2 Å². The van der Waals surface area contributed by atoms with Gasteiger partial charge in [0.2, 0.25) is 0 Å². The molecule has 0 aliphatic heterocycles. The molecule has 2 rings (SSSR count). The summed E-state index contributed by atoms with van der Waals surface area (Å²) in [5.74, 6) is 0.0837. The van der Waals surface area contributed by atoms with E-state index in [2.05, 4.69) is 10.2 Å². The van der Waals surface area contributed by atoms with Crippen molar-refractivity contribution in [1.29, 1.82) is 0 Å². The van der Waals surface area contributed by atoms with Gasteiger partial charge in [0.05, 0.1) is 15.8 Å². The fraction of sp³-hybridized carbons (Fsp3) is 0.0667. The van der Waals surface area contributed by atoms with Crippen LogP contribution >= 0.6 is 34.2 Å². The van der Waals surface area contributed by atoms with Gasteiger partial charge in [-0.2, -0.15) is 10.2 Å². The van der Waals surface area contributed by atoms with Gasteiger partial charge < -0.3 is 0 Å². The molecule has 0 aromatic heterocycles. The van der Waals surface area contributed by atoms with E-state index in [4.69, 9.17) is 11.6 Å². The van der Waals surface area contributed by atoms with Crippen LogP contribution in [-0.4, -0.2) is 15.5 Å². The lowest BCUT2D eigenvalue weighted by Gasteiger charge is -1.98. The molecule has 0 spiro atoms. The number of ketones is 1. The molecule has 0 amide bonds. The number of azo groups is 1. The van der Waals surface area contributed by atoms with Crippen molar-refractivity contribution in [3.8, 4) is 0 Å². The Morgan fingerprint density at radius 2 is 1.29 bits per heavy atom. The van der Waals surface area contributed by atoms with Gasteiger partial charge in [0.1, 0.15) is 0 Å².